The second-order valence-corrected chi connectivity index (χ2v) is 5.84. The summed E-state index contributed by atoms with van der Waals surface area (Å²) in [5, 5.41) is 10.8. The molecule has 0 aliphatic rings. The molecule has 0 atom stereocenters. The quantitative estimate of drug-likeness (QED) is 0.492. The van der Waals surface area contributed by atoms with Gasteiger partial charge in [0.25, 0.3) is 17.5 Å². The summed E-state index contributed by atoms with van der Waals surface area (Å²) >= 11 is 7.43. The molecule has 2 N–H and O–H groups in total. The minimum absolute atomic E-state index is 0.128. The average Bonchev–Trinajstić information content (AvgIpc) is 2.59. The molecule has 0 saturated carbocycles. The van der Waals surface area contributed by atoms with Gasteiger partial charge in [-0.3, -0.25) is 30.6 Å². The number of hydrazine groups is 1. The van der Waals surface area contributed by atoms with Gasteiger partial charge in [-0.2, -0.15) is 0 Å². The van der Waals surface area contributed by atoms with Crippen molar-refractivity contribution in [2.75, 3.05) is 6.26 Å². The molecule has 2 amide bonds. The number of thioether (sulfide) groups is 1. The SMILES string of the molecule is CSc1ccc(Cl)c(C(=O)NNC(=O)c2ccc([N+](=O)[O-])cc2)c1. The van der Waals surface area contributed by atoms with Crippen molar-refractivity contribution >= 4 is 40.9 Å². The Balaban J connectivity index is 2.03. The van der Waals surface area contributed by atoms with Crippen LogP contribution >= 0.6 is 23.4 Å². The van der Waals surface area contributed by atoms with E-state index in [0.29, 0.717) is 0 Å². The summed E-state index contributed by atoms with van der Waals surface area (Å²) in [4.78, 5) is 34.9. The van der Waals surface area contributed by atoms with Crippen LogP contribution in [0.15, 0.2) is 47.4 Å². The van der Waals surface area contributed by atoms with Crippen molar-refractivity contribution < 1.29 is 14.5 Å². The van der Waals surface area contributed by atoms with E-state index in [-0.39, 0.29) is 21.8 Å². The minimum Gasteiger partial charge on any atom is -0.267 e. The summed E-state index contributed by atoms with van der Waals surface area (Å²) < 4.78 is 0. The fourth-order valence-corrected chi connectivity index (χ4v) is 2.44. The number of carbonyl (C=O) groups is 2. The zero-order valence-electron chi connectivity index (χ0n) is 12.4. The van der Waals surface area contributed by atoms with Gasteiger partial charge in [-0.05, 0) is 36.6 Å². The fourth-order valence-electron chi connectivity index (χ4n) is 1.79. The third-order valence-electron chi connectivity index (χ3n) is 3.05. The van der Waals surface area contributed by atoms with E-state index < -0.39 is 16.7 Å². The molecule has 0 heterocycles. The number of rotatable bonds is 4. The van der Waals surface area contributed by atoms with Gasteiger partial charge in [0.15, 0.2) is 0 Å². The number of non-ortho nitro benzene ring substituents is 1. The van der Waals surface area contributed by atoms with E-state index in [2.05, 4.69) is 10.9 Å². The van der Waals surface area contributed by atoms with Crippen LogP contribution < -0.4 is 10.9 Å². The highest BCUT2D eigenvalue weighted by atomic mass is 35.5. The Bertz CT molecular complexity index is 796. The number of nitrogens with one attached hydrogen (secondary N) is 2. The van der Waals surface area contributed by atoms with Crippen LogP contribution in [0.3, 0.4) is 0 Å². The molecule has 0 radical (unpaired) electrons. The van der Waals surface area contributed by atoms with Crippen molar-refractivity contribution in [3.05, 3.63) is 68.7 Å². The van der Waals surface area contributed by atoms with Gasteiger partial charge in [0.1, 0.15) is 0 Å². The molecule has 2 rings (SSSR count). The molecule has 124 valence electrons. The molecule has 0 bridgehead atoms. The Morgan fingerprint density at radius 2 is 1.71 bits per heavy atom. The van der Waals surface area contributed by atoms with Gasteiger partial charge >= 0.3 is 0 Å². The highest BCUT2D eigenvalue weighted by molar-refractivity contribution is 7.98. The second kappa shape index (κ2) is 7.80. The van der Waals surface area contributed by atoms with Gasteiger partial charge in [-0.1, -0.05) is 11.6 Å². The highest BCUT2D eigenvalue weighted by Crippen LogP contribution is 2.22. The van der Waals surface area contributed by atoms with Crippen molar-refractivity contribution in [2.24, 2.45) is 0 Å². The predicted octanol–water partition coefficient (Wildman–Crippen LogP) is 3.04. The van der Waals surface area contributed by atoms with E-state index in [1.165, 1.54) is 36.0 Å². The molecule has 9 heteroatoms. The van der Waals surface area contributed by atoms with E-state index in [9.17, 15) is 19.7 Å². The topological polar surface area (TPSA) is 101 Å². The van der Waals surface area contributed by atoms with Crippen molar-refractivity contribution in [3.8, 4) is 0 Å². The van der Waals surface area contributed by atoms with Crippen molar-refractivity contribution in [2.45, 2.75) is 4.90 Å². The first-order chi connectivity index (χ1) is 11.4. The number of hydrogen-bond donors (Lipinski definition) is 2. The number of hydrogen-bond acceptors (Lipinski definition) is 5. The number of halogens is 1. The van der Waals surface area contributed by atoms with Gasteiger partial charge in [0.2, 0.25) is 0 Å². The number of nitrogens with zero attached hydrogens (tertiary/aromatic N) is 1. The van der Waals surface area contributed by atoms with Crippen LogP contribution in [0, 0.1) is 10.1 Å². The number of nitro groups is 1. The van der Waals surface area contributed by atoms with E-state index in [4.69, 9.17) is 11.6 Å². The Morgan fingerprint density at radius 1 is 1.08 bits per heavy atom. The number of carbonyl (C=O) groups excluding carboxylic acids is 2. The maximum absolute atomic E-state index is 12.1. The predicted molar refractivity (Wildman–Crippen MR) is 91.3 cm³/mol. The lowest BCUT2D eigenvalue weighted by Gasteiger charge is -2.09. The molecule has 0 fully saturated rings. The smallest absolute Gasteiger partial charge is 0.267 e. The molecule has 0 aliphatic carbocycles. The van der Waals surface area contributed by atoms with Crippen molar-refractivity contribution in [3.63, 3.8) is 0 Å². The van der Waals surface area contributed by atoms with Crippen LogP contribution in [-0.2, 0) is 0 Å². The molecule has 24 heavy (non-hydrogen) atoms. The Kier molecular flexibility index (Phi) is 5.78. The third kappa shape index (κ3) is 4.24. The number of amides is 2. The largest absolute Gasteiger partial charge is 0.271 e. The lowest BCUT2D eigenvalue weighted by Crippen LogP contribution is -2.41. The maximum atomic E-state index is 12.1. The summed E-state index contributed by atoms with van der Waals surface area (Å²) in [6.07, 6.45) is 1.86. The molecule has 0 aliphatic heterocycles. The third-order valence-corrected chi connectivity index (χ3v) is 4.10. The van der Waals surface area contributed by atoms with Crippen molar-refractivity contribution in [1.82, 2.24) is 10.9 Å². The maximum Gasteiger partial charge on any atom is 0.271 e. The lowest BCUT2D eigenvalue weighted by atomic mass is 10.2. The van der Waals surface area contributed by atoms with E-state index >= 15 is 0 Å². The van der Waals surface area contributed by atoms with Gasteiger partial charge in [-0.15, -0.1) is 11.8 Å². The molecule has 0 unspecified atom stereocenters. The summed E-state index contributed by atoms with van der Waals surface area (Å²) in [6.45, 7) is 0. The van der Waals surface area contributed by atoms with Gasteiger partial charge in [0, 0.05) is 22.6 Å². The minimum atomic E-state index is -0.601. The van der Waals surface area contributed by atoms with E-state index in [0.717, 1.165) is 4.90 Å². The fraction of sp³-hybridized carbons (Fsp3) is 0.0667. The monoisotopic (exact) mass is 365 g/mol. The van der Waals surface area contributed by atoms with Crippen LogP contribution in [0.5, 0.6) is 0 Å². The molecule has 2 aromatic carbocycles. The van der Waals surface area contributed by atoms with E-state index in [1.807, 2.05) is 6.26 Å². The molecule has 0 saturated heterocycles. The Morgan fingerprint density at radius 3 is 2.29 bits per heavy atom. The summed E-state index contributed by atoms with van der Waals surface area (Å²) in [5.41, 5.74) is 4.77. The summed E-state index contributed by atoms with van der Waals surface area (Å²) in [5.74, 6) is -1.17. The number of nitro benzene ring substituents is 1. The van der Waals surface area contributed by atoms with E-state index in [1.54, 1.807) is 18.2 Å². The van der Waals surface area contributed by atoms with Crippen LogP contribution in [0.4, 0.5) is 5.69 Å². The molecule has 7 nitrogen and oxygen atoms in total. The second-order valence-electron chi connectivity index (χ2n) is 4.56. The first-order valence-electron chi connectivity index (χ1n) is 6.61. The first-order valence-corrected chi connectivity index (χ1v) is 8.21. The summed E-state index contributed by atoms with van der Waals surface area (Å²) in [7, 11) is 0. The van der Waals surface area contributed by atoms with Gasteiger partial charge in [0.05, 0.1) is 15.5 Å². The summed E-state index contributed by atoms with van der Waals surface area (Å²) in [6, 6.07) is 9.98. The Hall–Kier alpha value is -2.58. The standard InChI is InChI=1S/C15H12ClN3O4S/c1-24-11-6-7-13(16)12(8-11)15(21)18-17-14(20)9-2-4-10(5-3-9)19(22)23/h2-8H,1H3,(H,17,20)(H,18,21). The van der Waals surface area contributed by atoms with Crippen LogP contribution in [0.25, 0.3) is 0 Å². The Labute approximate surface area is 146 Å². The highest BCUT2D eigenvalue weighted by Gasteiger charge is 2.14. The zero-order chi connectivity index (χ0) is 17.7. The average molecular weight is 366 g/mol. The first kappa shape index (κ1) is 17.8. The molecular weight excluding hydrogens is 354 g/mol. The molecule has 0 spiro atoms. The van der Waals surface area contributed by atoms with Crippen LogP contribution in [0.2, 0.25) is 5.02 Å². The van der Waals surface area contributed by atoms with Gasteiger partial charge < -0.3 is 0 Å². The number of benzene rings is 2. The normalized spacial score (nSPS) is 10.1. The zero-order valence-corrected chi connectivity index (χ0v) is 14.0. The molecular formula is C15H12ClN3O4S. The molecule has 0 aromatic heterocycles. The molecule has 2 aromatic rings. The van der Waals surface area contributed by atoms with Crippen LogP contribution in [-0.4, -0.2) is 23.0 Å². The lowest BCUT2D eigenvalue weighted by molar-refractivity contribution is -0.384. The van der Waals surface area contributed by atoms with Crippen LogP contribution in [0.1, 0.15) is 20.7 Å². The van der Waals surface area contributed by atoms with Gasteiger partial charge in [-0.25, -0.2) is 0 Å². The van der Waals surface area contributed by atoms with Crippen molar-refractivity contribution in [1.29, 1.82) is 0 Å².